The van der Waals surface area contributed by atoms with Gasteiger partial charge in [-0.2, -0.15) is 0 Å². The molecular formula is C25H29F3O2. The van der Waals surface area contributed by atoms with Crippen LogP contribution in [0.15, 0.2) is 48.6 Å². The molecule has 0 aliphatic carbocycles. The summed E-state index contributed by atoms with van der Waals surface area (Å²) in [5, 5.41) is 0. The number of rotatable bonds is 8. The van der Waals surface area contributed by atoms with Gasteiger partial charge in [-0.3, -0.25) is 0 Å². The lowest BCUT2D eigenvalue weighted by atomic mass is 9.98. The largest absolute Gasteiger partial charge is 0.345 e. The Morgan fingerprint density at radius 2 is 1.83 bits per heavy atom. The minimum absolute atomic E-state index is 0.0685. The van der Waals surface area contributed by atoms with Gasteiger partial charge in [-0.25, -0.2) is 13.2 Å². The van der Waals surface area contributed by atoms with E-state index in [2.05, 4.69) is 0 Å². The van der Waals surface area contributed by atoms with Crippen molar-refractivity contribution in [3.63, 3.8) is 0 Å². The van der Waals surface area contributed by atoms with Crippen molar-refractivity contribution in [2.75, 3.05) is 13.2 Å². The van der Waals surface area contributed by atoms with Gasteiger partial charge in [0.1, 0.15) is 11.6 Å². The standard InChI is InChI=1S/C25H29F3O2/c1-3-5-7-8-18-9-10-19(14-22(18)26)21-12-11-20(15-23(21)27)24-29-16-25(28,17-30-24)13-6-4-2/h3,5,9-12,14-15,24H,4,6-8,13,16-17H2,1-2H3/b5-3+. The predicted octanol–water partition coefficient (Wildman–Crippen LogP) is 7.08. The Bertz CT molecular complexity index is 871. The molecule has 0 bridgehead atoms. The fourth-order valence-corrected chi connectivity index (χ4v) is 3.61. The number of hydrogen-bond donors (Lipinski definition) is 0. The summed E-state index contributed by atoms with van der Waals surface area (Å²) in [6.07, 6.45) is 6.53. The van der Waals surface area contributed by atoms with E-state index in [-0.39, 0.29) is 19.0 Å². The van der Waals surface area contributed by atoms with Crippen molar-refractivity contribution in [2.24, 2.45) is 0 Å². The summed E-state index contributed by atoms with van der Waals surface area (Å²) >= 11 is 0. The summed E-state index contributed by atoms with van der Waals surface area (Å²) in [4.78, 5) is 0. The van der Waals surface area contributed by atoms with Crippen LogP contribution in [0.25, 0.3) is 11.1 Å². The van der Waals surface area contributed by atoms with Crippen LogP contribution in [0.4, 0.5) is 13.2 Å². The Morgan fingerprint density at radius 1 is 1.07 bits per heavy atom. The average molecular weight is 418 g/mol. The molecule has 0 radical (unpaired) electrons. The average Bonchev–Trinajstić information content (AvgIpc) is 2.74. The lowest BCUT2D eigenvalue weighted by Gasteiger charge is -2.34. The maximum atomic E-state index is 14.8. The van der Waals surface area contributed by atoms with E-state index in [9.17, 15) is 13.2 Å². The fourth-order valence-electron chi connectivity index (χ4n) is 3.61. The van der Waals surface area contributed by atoms with Crippen LogP contribution in [-0.2, 0) is 15.9 Å². The third kappa shape index (κ3) is 5.52. The van der Waals surface area contributed by atoms with Gasteiger partial charge in [0, 0.05) is 11.1 Å². The van der Waals surface area contributed by atoms with Crippen LogP contribution in [0, 0.1) is 11.6 Å². The zero-order valence-corrected chi connectivity index (χ0v) is 17.6. The molecule has 2 nitrogen and oxygen atoms in total. The van der Waals surface area contributed by atoms with Gasteiger partial charge in [0.05, 0.1) is 13.2 Å². The minimum atomic E-state index is -1.49. The van der Waals surface area contributed by atoms with Gasteiger partial charge in [-0.15, -0.1) is 0 Å². The molecular weight excluding hydrogens is 389 g/mol. The van der Waals surface area contributed by atoms with Crippen molar-refractivity contribution in [2.45, 2.75) is 57.9 Å². The smallest absolute Gasteiger partial charge is 0.184 e. The molecule has 0 unspecified atom stereocenters. The Kier molecular flexibility index (Phi) is 7.73. The van der Waals surface area contributed by atoms with Crippen molar-refractivity contribution in [3.8, 4) is 11.1 Å². The van der Waals surface area contributed by atoms with Crippen LogP contribution in [0.3, 0.4) is 0 Å². The van der Waals surface area contributed by atoms with E-state index in [1.54, 1.807) is 24.3 Å². The molecule has 0 atom stereocenters. The molecule has 1 aliphatic heterocycles. The van der Waals surface area contributed by atoms with Gasteiger partial charge in [0.15, 0.2) is 12.0 Å². The van der Waals surface area contributed by atoms with Gasteiger partial charge in [-0.1, -0.05) is 56.2 Å². The molecule has 1 fully saturated rings. The third-order valence-electron chi connectivity index (χ3n) is 5.41. The van der Waals surface area contributed by atoms with Gasteiger partial charge in [-0.05, 0) is 49.4 Å². The van der Waals surface area contributed by atoms with E-state index in [1.807, 2.05) is 26.0 Å². The number of alkyl halides is 1. The zero-order chi connectivity index (χ0) is 21.6. The van der Waals surface area contributed by atoms with E-state index >= 15 is 0 Å². The van der Waals surface area contributed by atoms with Crippen molar-refractivity contribution in [3.05, 3.63) is 71.3 Å². The Balaban J connectivity index is 1.69. The molecule has 1 heterocycles. The zero-order valence-electron chi connectivity index (χ0n) is 17.6. The molecule has 2 aromatic carbocycles. The van der Waals surface area contributed by atoms with Crippen molar-refractivity contribution in [1.82, 2.24) is 0 Å². The second-order valence-electron chi connectivity index (χ2n) is 7.86. The summed E-state index contributed by atoms with van der Waals surface area (Å²) in [5.41, 5.74) is 0.375. The highest BCUT2D eigenvalue weighted by molar-refractivity contribution is 5.65. The number of allylic oxidation sites excluding steroid dienone is 2. The molecule has 0 amide bonds. The fraction of sp³-hybridized carbons (Fsp3) is 0.440. The predicted molar refractivity (Wildman–Crippen MR) is 113 cm³/mol. The SMILES string of the molecule is C/C=C/CCc1ccc(-c2ccc(C3OCC(F)(CCCC)CO3)cc2F)cc1F. The number of ether oxygens (including phenoxy) is 2. The van der Waals surface area contributed by atoms with E-state index < -0.39 is 17.8 Å². The Morgan fingerprint density at radius 3 is 2.47 bits per heavy atom. The highest BCUT2D eigenvalue weighted by Crippen LogP contribution is 2.34. The second-order valence-corrected chi connectivity index (χ2v) is 7.86. The quantitative estimate of drug-likeness (QED) is 0.426. The molecule has 0 saturated carbocycles. The molecule has 1 aliphatic rings. The van der Waals surface area contributed by atoms with Crippen LogP contribution >= 0.6 is 0 Å². The summed E-state index contributed by atoms with van der Waals surface area (Å²) in [6.45, 7) is 3.79. The summed E-state index contributed by atoms with van der Waals surface area (Å²) in [5.74, 6) is -0.838. The summed E-state index contributed by atoms with van der Waals surface area (Å²) in [7, 11) is 0. The van der Waals surface area contributed by atoms with Crippen LogP contribution < -0.4 is 0 Å². The highest BCUT2D eigenvalue weighted by Gasteiger charge is 2.37. The molecule has 0 aromatic heterocycles. The van der Waals surface area contributed by atoms with E-state index in [1.165, 1.54) is 12.1 Å². The first-order valence-corrected chi connectivity index (χ1v) is 10.6. The molecule has 30 heavy (non-hydrogen) atoms. The van der Waals surface area contributed by atoms with Gasteiger partial charge in [0.25, 0.3) is 0 Å². The van der Waals surface area contributed by atoms with Gasteiger partial charge >= 0.3 is 0 Å². The molecule has 0 spiro atoms. The molecule has 1 saturated heterocycles. The lowest BCUT2D eigenvalue weighted by molar-refractivity contribution is -0.239. The van der Waals surface area contributed by atoms with Gasteiger partial charge in [0.2, 0.25) is 0 Å². The topological polar surface area (TPSA) is 18.5 Å². The minimum Gasteiger partial charge on any atom is -0.345 e. The number of hydrogen-bond acceptors (Lipinski definition) is 2. The number of unbranched alkanes of at least 4 members (excludes halogenated alkanes) is 1. The number of aryl methyl sites for hydroxylation is 1. The monoisotopic (exact) mass is 418 g/mol. The third-order valence-corrected chi connectivity index (χ3v) is 5.41. The highest BCUT2D eigenvalue weighted by atomic mass is 19.1. The Hall–Kier alpha value is -2.11. The van der Waals surface area contributed by atoms with Crippen LogP contribution in [0.1, 0.15) is 56.9 Å². The van der Waals surface area contributed by atoms with Crippen LogP contribution in [0.5, 0.6) is 0 Å². The van der Waals surface area contributed by atoms with E-state index in [0.29, 0.717) is 35.1 Å². The van der Waals surface area contributed by atoms with Crippen molar-refractivity contribution < 1.29 is 22.6 Å². The van der Waals surface area contributed by atoms with Crippen molar-refractivity contribution >= 4 is 0 Å². The van der Waals surface area contributed by atoms with Crippen molar-refractivity contribution in [1.29, 1.82) is 0 Å². The lowest BCUT2D eigenvalue weighted by Crippen LogP contribution is -2.41. The molecule has 0 N–H and O–H groups in total. The van der Waals surface area contributed by atoms with E-state index in [4.69, 9.17) is 9.47 Å². The first kappa shape index (κ1) is 22.6. The van der Waals surface area contributed by atoms with Gasteiger partial charge < -0.3 is 9.47 Å². The Labute approximate surface area is 176 Å². The maximum absolute atomic E-state index is 14.8. The number of benzene rings is 2. The first-order valence-electron chi connectivity index (χ1n) is 10.6. The summed E-state index contributed by atoms with van der Waals surface area (Å²) < 4.78 is 54.9. The van der Waals surface area contributed by atoms with Crippen LogP contribution in [-0.4, -0.2) is 18.9 Å². The molecule has 3 rings (SSSR count). The van der Waals surface area contributed by atoms with Crippen LogP contribution in [0.2, 0.25) is 0 Å². The normalized spacial score (nSPS) is 22.0. The summed E-state index contributed by atoms with van der Waals surface area (Å²) in [6, 6.07) is 9.37. The molecule has 5 heteroatoms. The molecule has 162 valence electrons. The van der Waals surface area contributed by atoms with E-state index in [0.717, 1.165) is 19.3 Å². The first-order chi connectivity index (χ1) is 14.5. The number of halogens is 3. The second kappa shape index (κ2) is 10.3. The maximum Gasteiger partial charge on any atom is 0.184 e. The molecule has 2 aromatic rings.